The minimum absolute atomic E-state index is 0.0339. The highest BCUT2D eigenvalue weighted by molar-refractivity contribution is 7.11. The van der Waals surface area contributed by atoms with Gasteiger partial charge in [-0.3, -0.25) is 4.79 Å². The Labute approximate surface area is 240 Å². The van der Waals surface area contributed by atoms with E-state index in [1.165, 1.54) is 4.88 Å². The van der Waals surface area contributed by atoms with Crippen LogP contribution < -0.4 is 14.8 Å². The average molecular weight is 566 g/mol. The van der Waals surface area contributed by atoms with Crippen LogP contribution in [0.1, 0.15) is 33.7 Å². The van der Waals surface area contributed by atoms with Crippen LogP contribution in [0.25, 0.3) is 0 Å². The monoisotopic (exact) mass is 565 g/mol. The fourth-order valence-electron chi connectivity index (χ4n) is 4.71. The van der Waals surface area contributed by atoms with Gasteiger partial charge in [-0.25, -0.2) is 4.79 Å². The first-order valence-corrected chi connectivity index (χ1v) is 14.4. The van der Waals surface area contributed by atoms with Crippen molar-refractivity contribution in [1.82, 2.24) is 9.80 Å². The van der Waals surface area contributed by atoms with Crippen LogP contribution in [-0.4, -0.2) is 68.3 Å². The van der Waals surface area contributed by atoms with E-state index in [0.717, 1.165) is 28.8 Å². The van der Waals surface area contributed by atoms with Gasteiger partial charge in [0.2, 0.25) is 5.91 Å². The van der Waals surface area contributed by atoms with Gasteiger partial charge in [-0.05, 0) is 75.1 Å². The number of nitrogens with zero attached hydrogens (tertiary/aromatic N) is 2. The first-order valence-electron chi connectivity index (χ1n) is 13.6. The smallest absolute Gasteiger partial charge is 0.322 e. The third-order valence-electron chi connectivity index (χ3n) is 6.98. The molecule has 0 aliphatic carbocycles. The fourth-order valence-corrected chi connectivity index (χ4v) is 5.61. The lowest BCUT2D eigenvalue weighted by atomic mass is 10.1. The van der Waals surface area contributed by atoms with E-state index in [0.29, 0.717) is 49.8 Å². The molecule has 1 N–H and O–H groups in total. The number of rotatable bonds is 12. The fraction of sp³-hybridized carbons (Fsp3) is 0.419. The van der Waals surface area contributed by atoms with Gasteiger partial charge >= 0.3 is 6.03 Å². The predicted molar refractivity (Wildman–Crippen MR) is 158 cm³/mol. The number of aryl methyl sites for hydroxylation is 2. The molecule has 0 radical (unpaired) electrons. The number of methoxy groups -OCH3 is 2. The number of thiophene rings is 1. The predicted octanol–water partition coefficient (Wildman–Crippen LogP) is 5.67. The van der Waals surface area contributed by atoms with Crippen molar-refractivity contribution in [2.45, 2.75) is 45.8 Å². The van der Waals surface area contributed by atoms with Gasteiger partial charge in [0.15, 0.2) is 11.5 Å². The van der Waals surface area contributed by atoms with Gasteiger partial charge in [0, 0.05) is 35.1 Å². The van der Waals surface area contributed by atoms with Crippen molar-refractivity contribution in [3.05, 3.63) is 75.5 Å². The maximum atomic E-state index is 13.8. The number of carbonyl (C=O) groups is 2. The number of carbonyl (C=O) groups excluding carboxylic acids is 2. The molecule has 1 fully saturated rings. The molecular formula is C31H39N3O5S. The Bertz CT molecular complexity index is 1270. The zero-order chi connectivity index (χ0) is 28.5. The van der Waals surface area contributed by atoms with E-state index >= 15 is 0 Å². The topological polar surface area (TPSA) is 80.3 Å². The second-order valence-corrected chi connectivity index (χ2v) is 11.5. The third kappa shape index (κ3) is 8.22. The molecule has 1 aliphatic rings. The van der Waals surface area contributed by atoms with Gasteiger partial charge < -0.3 is 29.3 Å². The molecule has 0 spiro atoms. The molecule has 2 aromatic carbocycles. The maximum Gasteiger partial charge on any atom is 0.322 e. The number of hydrogen-bond acceptors (Lipinski definition) is 6. The number of amides is 3. The van der Waals surface area contributed by atoms with Gasteiger partial charge in [0.25, 0.3) is 0 Å². The van der Waals surface area contributed by atoms with Crippen LogP contribution in [-0.2, 0) is 22.5 Å². The molecule has 0 bridgehead atoms. The Morgan fingerprint density at radius 2 is 1.77 bits per heavy atom. The van der Waals surface area contributed by atoms with Crippen LogP contribution >= 0.6 is 11.3 Å². The molecule has 1 unspecified atom stereocenters. The highest BCUT2D eigenvalue weighted by Crippen LogP contribution is 2.28. The SMILES string of the molecule is COc1ccc(CCN(Cc2ccc(C)s2)C(=O)CN(CC2CCCO2)C(=O)Nc2ccc(C)cc2)cc1OC. The summed E-state index contributed by atoms with van der Waals surface area (Å²) in [6.45, 7) is 6.05. The second-order valence-electron chi connectivity index (χ2n) is 10.1. The van der Waals surface area contributed by atoms with Crippen molar-refractivity contribution in [2.24, 2.45) is 0 Å². The van der Waals surface area contributed by atoms with Crippen LogP contribution in [0.3, 0.4) is 0 Å². The Morgan fingerprint density at radius 1 is 1.00 bits per heavy atom. The van der Waals surface area contributed by atoms with Crippen molar-refractivity contribution in [3.8, 4) is 11.5 Å². The zero-order valence-electron chi connectivity index (χ0n) is 23.8. The van der Waals surface area contributed by atoms with E-state index in [2.05, 4.69) is 24.4 Å². The third-order valence-corrected chi connectivity index (χ3v) is 7.96. The minimum Gasteiger partial charge on any atom is -0.493 e. The number of benzene rings is 2. The Balaban J connectivity index is 1.50. The van der Waals surface area contributed by atoms with Gasteiger partial charge in [-0.1, -0.05) is 23.8 Å². The molecule has 1 atom stereocenters. The summed E-state index contributed by atoms with van der Waals surface area (Å²) in [6.07, 6.45) is 2.40. The molecular weight excluding hydrogens is 526 g/mol. The Hall–Kier alpha value is -3.56. The number of ether oxygens (including phenoxy) is 3. The molecule has 9 heteroatoms. The van der Waals surface area contributed by atoms with E-state index in [4.69, 9.17) is 14.2 Å². The lowest BCUT2D eigenvalue weighted by molar-refractivity contribution is -0.132. The summed E-state index contributed by atoms with van der Waals surface area (Å²) in [5.41, 5.74) is 2.84. The minimum atomic E-state index is -0.306. The first kappa shape index (κ1) is 29.4. The zero-order valence-corrected chi connectivity index (χ0v) is 24.6. The molecule has 4 rings (SSSR count). The van der Waals surface area contributed by atoms with E-state index in [9.17, 15) is 9.59 Å². The second kappa shape index (κ2) is 14.2. The molecule has 1 aromatic heterocycles. The van der Waals surface area contributed by atoms with Gasteiger partial charge in [-0.15, -0.1) is 11.3 Å². The molecule has 1 saturated heterocycles. The molecule has 3 amide bonds. The van der Waals surface area contributed by atoms with Crippen LogP contribution in [0.2, 0.25) is 0 Å². The van der Waals surface area contributed by atoms with Crippen molar-refractivity contribution in [3.63, 3.8) is 0 Å². The Kier molecular flexibility index (Phi) is 10.4. The number of urea groups is 1. The van der Waals surface area contributed by atoms with E-state index in [1.807, 2.05) is 54.3 Å². The summed E-state index contributed by atoms with van der Waals surface area (Å²) in [4.78, 5) is 32.9. The molecule has 8 nitrogen and oxygen atoms in total. The first-order chi connectivity index (χ1) is 19.3. The van der Waals surface area contributed by atoms with Crippen LogP contribution in [0.5, 0.6) is 11.5 Å². The van der Waals surface area contributed by atoms with Crippen molar-refractivity contribution < 1.29 is 23.8 Å². The average Bonchev–Trinajstić information content (AvgIpc) is 3.63. The standard InChI is InChI=1S/C31H39N3O5S/c1-22-7-11-25(12-8-22)32-31(36)34(19-26-6-5-17-39-26)21-30(35)33(20-27-13-9-23(2)40-27)16-15-24-10-14-28(37-3)29(18-24)38-4/h7-14,18,26H,5-6,15-17,19-21H2,1-4H3,(H,32,36). The molecule has 3 aromatic rings. The normalized spacial score (nSPS) is 14.6. The lowest BCUT2D eigenvalue weighted by Crippen LogP contribution is -2.47. The molecule has 0 saturated carbocycles. The number of anilines is 1. The van der Waals surface area contributed by atoms with Gasteiger partial charge in [0.1, 0.15) is 6.54 Å². The quantitative estimate of drug-likeness (QED) is 0.306. The van der Waals surface area contributed by atoms with Crippen LogP contribution in [0.15, 0.2) is 54.6 Å². The highest BCUT2D eigenvalue weighted by atomic mass is 32.1. The summed E-state index contributed by atoms with van der Waals surface area (Å²) in [7, 11) is 3.22. The molecule has 40 heavy (non-hydrogen) atoms. The van der Waals surface area contributed by atoms with Crippen molar-refractivity contribution >= 4 is 29.0 Å². The van der Waals surface area contributed by atoms with E-state index < -0.39 is 0 Å². The van der Waals surface area contributed by atoms with Crippen LogP contribution in [0.4, 0.5) is 10.5 Å². The van der Waals surface area contributed by atoms with Crippen LogP contribution in [0, 0.1) is 13.8 Å². The van der Waals surface area contributed by atoms with Crippen molar-refractivity contribution in [2.75, 3.05) is 45.8 Å². The summed E-state index contributed by atoms with van der Waals surface area (Å²) < 4.78 is 16.6. The van der Waals surface area contributed by atoms with Crippen molar-refractivity contribution in [1.29, 1.82) is 0 Å². The molecule has 2 heterocycles. The maximum absolute atomic E-state index is 13.8. The van der Waals surface area contributed by atoms with E-state index in [1.54, 1.807) is 30.5 Å². The summed E-state index contributed by atoms with van der Waals surface area (Å²) in [5, 5.41) is 2.96. The van der Waals surface area contributed by atoms with Gasteiger partial charge in [0.05, 0.1) is 26.9 Å². The van der Waals surface area contributed by atoms with Gasteiger partial charge in [-0.2, -0.15) is 0 Å². The molecule has 1 aliphatic heterocycles. The summed E-state index contributed by atoms with van der Waals surface area (Å²) in [5.74, 6) is 1.21. The number of hydrogen-bond donors (Lipinski definition) is 1. The molecule has 214 valence electrons. The number of nitrogens with one attached hydrogen (secondary N) is 1. The lowest BCUT2D eigenvalue weighted by Gasteiger charge is -2.29. The Morgan fingerprint density at radius 3 is 2.42 bits per heavy atom. The summed E-state index contributed by atoms with van der Waals surface area (Å²) >= 11 is 1.68. The largest absolute Gasteiger partial charge is 0.493 e. The highest BCUT2D eigenvalue weighted by Gasteiger charge is 2.27. The summed E-state index contributed by atoms with van der Waals surface area (Å²) in [6, 6.07) is 17.3. The van der Waals surface area contributed by atoms with E-state index in [-0.39, 0.29) is 24.6 Å².